The monoisotopic (exact) mass is 305 g/mol. The van der Waals surface area contributed by atoms with Crippen LogP contribution in [0.5, 0.6) is 0 Å². The fraction of sp³-hybridized carbons (Fsp3) is 0.176. The number of hydrogen-bond acceptors (Lipinski definition) is 4. The minimum atomic E-state index is -0.101. The largest absolute Gasteiger partial charge is 0.345 e. The quantitative estimate of drug-likeness (QED) is 0.804. The van der Waals surface area contributed by atoms with Crippen LogP contribution in [0.3, 0.4) is 0 Å². The summed E-state index contributed by atoms with van der Waals surface area (Å²) >= 11 is 0. The lowest BCUT2D eigenvalue weighted by molar-refractivity contribution is 0.0936. The summed E-state index contributed by atoms with van der Waals surface area (Å²) in [6, 6.07) is 11.7. The van der Waals surface area contributed by atoms with E-state index in [9.17, 15) is 4.79 Å². The third-order valence-corrected chi connectivity index (χ3v) is 4.10. The molecule has 0 saturated carbocycles. The molecule has 1 aliphatic carbocycles. The highest BCUT2D eigenvalue weighted by Gasteiger charge is 2.23. The van der Waals surface area contributed by atoms with Crippen molar-refractivity contribution in [3.63, 3.8) is 0 Å². The van der Waals surface area contributed by atoms with Crippen molar-refractivity contribution in [2.75, 3.05) is 0 Å². The van der Waals surface area contributed by atoms with Crippen molar-refractivity contribution in [2.45, 2.75) is 18.9 Å². The van der Waals surface area contributed by atoms with E-state index in [-0.39, 0.29) is 11.9 Å². The van der Waals surface area contributed by atoms with Crippen molar-refractivity contribution in [2.24, 2.45) is 0 Å². The van der Waals surface area contributed by atoms with Gasteiger partial charge in [-0.1, -0.05) is 24.3 Å². The van der Waals surface area contributed by atoms with Crippen LogP contribution in [0.4, 0.5) is 0 Å². The Morgan fingerprint density at radius 3 is 3.04 bits per heavy atom. The summed E-state index contributed by atoms with van der Waals surface area (Å²) < 4.78 is 1.53. The van der Waals surface area contributed by atoms with E-state index < -0.39 is 0 Å². The highest BCUT2D eigenvalue weighted by atomic mass is 16.1. The van der Waals surface area contributed by atoms with Gasteiger partial charge in [-0.25, -0.2) is 14.6 Å². The Hall–Kier alpha value is -3.02. The van der Waals surface area contributed by atoms with Crippen molar-refractivity contribution in [1.82, 2.24) is 25.1 Å². The van der Waals surface area contributed by atoms with E-state index in [0.717, 1.165) is 12.8 Å². The van der Waals surface area contributed by atoms with Gasteiger partial charge in [-0.15, -0.1) is 0 Å². The zero-order valence-corrected chi connectivity index (χ0v) is 12.4. The van der Waals surface area contributed by atoms with Gasteiger partial charge in [-0.3, -0.25) is 4.79 Å². The lowest BCUT2D eigenvalue weighted by atomic mass is 10.1. The lowest BCUT2D eigenvalue weighted by Crippen LogP contribution is -2.27. The molecule has 23 heavy (non-hydrogen) atoms. The topological polar surface area (TPSA) is 72.7 Å². The van der Waals surface area contributed by atoms with Gasteiger partial charge in [0.1, 0.15) is 12.7 Å². The fourth-order valence-corrected chi connectivity index (χ4v) is 2.96. The average Bonchev–Trinajstić information content (AvgIpc) is 3.25. The summed E-state index contributed by atoms with van der Waals surface area (Å²) in [6.45, 7) is 0. The first-order chi connectivity index (χ1) is 11.3. The second-order valence-corrected chi connectivity index (χ2v) is 5.51. The molecule has 1 amide bonds. The highest BCUT2D eigenvalue weighted by Crippen LogP contribution is 2.30. The van der Waals surface area contributed by atoms with Gasteiger partial charge in [0.2, 0.25) is 0 Å². The number of fused-ring (bicyclic) bond motifs is 1. The maximum Gasteiger partial charge on any atom is 0.251 e. The summed E-state index contributed by atoms with van der Waals surface area (Å²) in [5.74, 6) is 0.470. The molecule has 2 aromatic heterocycles. The molecule has 6 heteroatoms. The van der Waals surface area contributed by atoms with E-state index >= 15 is 0 Å². The molecule has 1 atom stereocenters. The standard InChI is InChI=1S/C17H15N5O/c23-17(21-15-6-5-12-3-1-2-4-14(12)15)13-7-8-19-16(9-13)22-11-18-10-20-22/h1-4,7-11,15H,5-6H2,(H,21,23)/t15-/m0/s1. The first kappa shape index (κ1) is 13.6. The normalized spacial score (nSPS) is 16.1. The Labute approximate surface area is 133 Å². The Morgan fingerprint density at radius 1 is 1.26 bits per heavy atom. The number of rotatable bonds is 3. The van der Waals surface area contributed by atoms with E-state index in [2.05, 4.69) is 32.5 Å². The molecule has 114 valence electrons. The number of nitrogens with zero attached hydrogens (tertiary/aromatic N) is 4. The molecule has 2 heterocycles. The van der Waals surface area contributed by atoms with Gasteiger partial charge < -0.3 is 5.32 Å². The molecule has 4 rings (SSSR count). The first-order valence-corrected chi connectivity index (χ1v) is 7.51. The molecule has 0 fully saturated rings. The minimum Gasteiger partial charge on any atom is -0.345 e. The van der Waals surface area contributed by atoms with Crippen molar-refractivity contribution in [3.8, 4) is 5.82 Å². The molecule has 3 aromatic rings. The summed E-state index contributed by atoms with van der Waals surface area (Å²) in [4.78, 5) is 20.7. The second-order valence-electron chi connectivity index (χ2n) is 5.51. The van der Waals surface area contributed by atoms with Crippen LogP contribution in [0.2, 0.25) is 0 Å². The highest BCUT2D eigenvalue weighted by molar-refractivity contribution is 5.94. The SMILES string of the molecule is O=C(N[C@H]1CCc2ccccc21)c1ccnc(-n2cncn2)c1. The predicted octanol–water partition coefficient (Wildman–Crippen LogP) is 2.08. The zero-order valence-electron chi connectivity index (χ0n) is 12.4. The van der Waals surface area contributed by atoms with Crippen LogP contribution in [-0.2, 0) is 6.42 Å². The Kier molecular flexibility index (Phi) is 3.34. The summed E-state index contributed by atoms with van der Waals surface area (Å²) in [6.07, 6.45) is 6.53. The fourth-order valence-electron chi connectivity index (χ4n) is 2.96. The number of carbonyl (C=O) groups excluding carboxylic acids is 1. The molecule has 0 radical (unpaired) electrons. The van der Waals surface area contributed by atoms with Crippen molar-refractivity contribution < 1.29 is 4.79 Å². The number of amides is 1. The molecule has 0 unspecified atom stereocenters. The smallest absolute Gasteiger partial charge is 0.251 e. The second kappa shape index (κ2) is 5.64. The number of hydrogen-bond donors (Lipinski definition) is 1. The molecule has 6 nitrogen and oxygen atoms in total. The molecule has 1 aromatic carbocycles. The van der Waals surface area contributed by atoms with Crippen LogP contribution >= 0.6 is 0 Å². The van der Waals surface area contributed by atoms with Gasteiger partial charge in [-0.05, 0) is 36.1 Å². The molecule has 0 saturated heterocycles. The molecule has 1 N–H and O–H groups in total. The predicted molar refractivity (Wildman–Crippen MR) is 84.1 cm³/mol. The maximum absolute atomic E-state index is 12.5. The zero-order chi connectivity index (χ0) is 15.6. The molecule has 0 spiro atoms. The Bertz CT molecular complexity index is 844. The lowest BCUT2D eigenvalue weighted by Gasteiger charge is -2.14. The number of aryl methyl sites for hydroxylation is 1. The van der Waals surface area contributed by atoms with Gasteiger partial charge in [0.25, 0.3) is 5.91 Å². The van der Waals surface area contributed by atoms with E-state index in [1.165, 1.54) is 22.1 Å². The van der Waals surface area contributed by atoms with E-state index in [1.54, 1.807) is 24.7 Å². The van der Waals surface area contributed by atoms with Crippen molar-refractivity contribution >= 4 is 5.91 Å². The van der Waals surface area contributed by atoms with Gasteiger partial charge in [0.15, 0.2) is 5.82 Å². The molecular formula is C17H15N5O. The Morgan fingerprint density at radius 2 is 2.17 bits per heavy atom. The van der Waals surface area contributed by atoms with Crippen LogP contribution in [0.15, 0.2) is 55.2 Å². The van der Waals surface area contributed by atoms with Crippen LogP contribution < -0.4 is 5.32 Å². The van der Waals surface area contributed by atoms with Crippen molar-refractivity contribution in [3.05, 3.63) is 71.9 Å². The number of aromatic nitrogens is 4. The molecule has 1 aliphatic rings. The number of carbonyl (C=O) groups is 1. The van der Waals surface area contributed by atoms with Crippen molar-refractivity contribution in [1.29, 1.82) is 0 Å². The van der Waals surface area contributed by atoms with Gasteiger partial charge in [-0.2, -0.15) is 5.10 Å². The molecular weight excluding hydrogens is 290 g/mol. The van der Waals surface area contributed by atoms with E-state index in [0.29, 0.717) is 11.4 Å². The first-order valence-electron chi connectivity index (χ1n) is 7.51. The maximum atomic E-state index is 12.5. The molecule has 0 bridgehead atoms. The van der Waals surface area contributed by atoms with Gasteiger partial charge >= 0.3 is 0 Å². The minimum absolute atomic E-state index is 0.0710. The van der Waals surface area contributed by atoms with Crippen LogP contribution in [0.1, 0.15) is 33.9 Å². The van der Waals surface area contributed by atoms with Crippen LogP contribution in [-0.4, -0.2) is 25.7 Å². The number of benzene rings is 1. The van der Waals surface area contributed by atoms with Crippen LogP contribution in [0, 0.1) is 0 Å². The Balaban J connectivity index is 1.55. The number of pyridine rings is 1. The van der Waals surface area contributed by atoms with Gasteiger partial charge in [0.05, 0.1) is 6.04 Å². The third-order valence-electron chi connectivity index (χ3n) is 4.10. The van der Waals surface area contributed by atoms with Gasteiger partial charge in [0, 0.05) is 11.8 Å². The van der Waals surface area contributed by atoms with Crippen LogP contribution in [0.25, 0.3) is 5.82 Å². The average molecular weight is 305 g/mol. The van der Waals surface area contributed by atoms with E-state index in [4.69, 9.17) is 0 Å². The van der Waals surface area contributed by atoms with E-state index in [1.807, 2.05) is 12.1 Å². The summed E-state index contributed by atoms with van der Waals surface area (Å²) in [7, 11) is 0. The third kappa shape index (κ3) is 2.59. The number of nitrogens with one attached hydrogen (secondary N) is 1. The summed E-state index contributed by atoms with van der Waals surface area (Å²) in [5, 5.41) is 7.14. The molecule has 0 aliphatic heterocycles. The summed E-state index contributed by atoms with van der Waals surface area (Å²) in [5.41, 5.74) is 3.09.